The van der Waals surface area contributed by atoms with E-state index >= 15 is 0 Å². The standard InChI is InChI=1S/2C5H5.C2H4.Ti/c2*1-2-4-5-3-1;1-2;/h2*1-5H;1-2H2;. The van der Waals surface area contributed by atoms with Crippen LogP contribution in [0.25, 0.3) is 0 Å². The fraction of sp³-hybridized carbons (Fsp3) is 0. The molecule has 66 valence electrons. The molecule has 2 saturated carbocycles. The molecular formula is C12H14Ti. The van der Waals surface area contributed by atoms with E-state index in [1.54, 1.807) is 0 Å². The molecule has 0 bridgehead atoms. The zero-order valence-electron chi connectivity index (χ0n) is 7.69. The van der Waals surface area contributed by atoms with Gasteiger partial charge >= 0.3 is 0 Å². The van der Waals surface area contributed by atoms with Crippen molar-refractivity contribution in [1.29, 1.82) is 0 Å². The third kappa shape index (κ3) is 12.7. The van der Waals surface area contributed by atoms with Crippen LogP contribution in [0.4, 0.5) is 0 Å². The van der Waals surface area contributed by atoms with Crippen molar-refractivity contribution >= 4 is 0 Å². The molecule has 0 N–H and O–H groups in total. The average Bonchev–Trinajstić information content (AvgIpc) is 2.87. The number of rotatable bonds is 0. The molecule has 2 aliphatic rings. The molecular weight excluding hydrogens is 192 g/mol. The molecule has 0 unspecified atom stereocenters. The minimum absolute atomic E-state index is 0. The Kier molecular flexibility index (Phi) is 18.9. The first-order valence-electron chi connectivity index (χ1n) is 3.83. The van der Waals surface area contributed by atoms with Crippen molar-refractivity contribution in [3.63, 3.8) is 0 Å². The van der Waals surface area contributed by atoms with Gasteiger partial charge in [0.05, 0.1) is 0 Å². The van der Waals surface area contributed by atoms with Gasteiger partial charge in [0, 0.05) is 21.7 Å². The normalized spacial score (nSPS) is 18.9. The van der Waals surface area contributed by atoms with Gasteiger partial charge in [-0.3, -0.25) is 0 Å². The van der Waals surface area contributed by atoms with Crippen LogP contribution in [-0.4, -0.2) is 0 Å². The van der Waals surface area contributed by atoms with Crippen molar-refractivity contribution in [3.8, 4) is 0 Å². The fourth-order valence-electron chi connectivity index (χ4n) is 0.642. The van der Waals surface area contributed by atoms with Crippen LogP contribution >= 0.6 is 0 Å². The Morgan fingerprint density at radius 1 is 0.385 bits per heavy atom. The summed E-state index contributed by atoms with van der Waals surface area (Å²) in [5.41, 5.74) is 0. The fourth-order valence-corrected chi connectivity index (χ4v) is 0.642. The van der Waals surface area contributed by atoms with E-state index in [4.69, 9.17) is 0 Å². The predicted molar refractivity (Wildman–Crippen MR) is 53.7 cm³/mol. The number of hydrogen-bond donors (Lipinski definition) is 0. The van der Waals surface area contributed by atoms with Crippen LogP contribution in [0.1, 0.15) is 0 Å². The van der Waals surface area contributed by atoms with Crippen molar-refractivity contribution in [1.82, 2.24) is 0 Å². The third-order valence-corrected chi connectivity index (χ3v) is 1.11. The van der Waals surface area contributed by atoms with Crippen molar-refractivity contribution in [3.05, 3.63) is 78.1 Å². The average molecular weight is 206 g/mol. The zero-order chi connectivity index (χ0) is 9.07. The molecule has 13 heavy (non-hydrogen) atoms. The van der Waals surface area contributed by atoms with Crippen molar-refractivity contribution < 1.29 is 21.7 Å². The molecule has 2 rings (SSSR count). The molecule has 1 heteroatoms. The maximum Gasteiger partial charge on any atom is 0 e. The van der Waals surface area contributed by atoms with Gasteiger partial charge < -0.3 is 0 Å². The molecule has 0 aromatic carbocycles. The van der Waals surface area contributed by atoms with E-state index in [2.05, 4.69) is 13.8 Å². The third-order valence-electron chi connectivity index (χ3n) is 1.11. The Balaban J connectivity index is 0. The molecule has 2 fully saturated rings. The van der Waals surface area contributed by atoms with E-state index in [-0.39, 0.29) is 21.7 Å². The zero-order valence-corrected chi connectivity index (χ0v) is 9.25. The van der Waals surface area contributed by atoms with E-state index in [9.17, 15) is 0 Å². The van der Waals surface area contributed by atoms with Crippen LogP contribution in [0.3, 0.4) is 0 Å². The molecule has 0 aliphatic heterocycles. The van der Waals surface area contributed by atoms with Gasteiger partial charge in [0.2, 0.25) is 0 Å². The SMILES string of the molecule is [CH2][CH2].[CH]1[CH][CH][CH][CH]1.[CH]1[CH][CH][CH][CH]1.[Ti]. The van der Waals surface area contributed by atoms with Crippen LogP contribution in [0.15, 0.2) is 0 Å². The van der Waals surface area contributed by atoms with Crippen molar-refractivity contribution in [2.24, 2.45) is 0 Å². The second-order valence-electron chi connectivity index (χ2n) is 1.92. The van der Waals surface area contributed by atoms with Crippen LogP contribution in [-0.2, 0) is 21.7 Å². The Labute approximate surface area is 99.8 Å². The molecule has 0 nitrogen and oxygen atoms in total. The summed E-state index contributed by atoms with van der Waals surface area (Å²) >= 11 is 0. The van der Waals surface area contributed by atoms with Gasteiger partial charge in [-0.15, -0.1) is 0 Å². The summed E-state index contributed by atoms with van der Waals surface area (Å²) in [6, 6.07) is 0. The molecule has 0 aromatic rings. The largest absolute Gasteiger partial charge is 0.0533 e. The predicted octanol–water partition coefficient (Wildman–Crippen LogP) is 2.69. The summed E-state index contributed by atoms with van der Waals surface area (Å²) in [6.45, 7) is 6.00. The first-order valence-corrected chi connectivity index (χ1v) is 3.83. The van der Waals surface area contributed by atoms with Gasteiger partial charge in [-0.1, -0.05) is 13.8 Å². The maximum absolute atomic E-state index is 3.00. The smallest absolute Gasteiger partial charge is 0 e. The first kappa shape index (κ1) is 16.2. The van der Waals surface area contributed by atoms with E-state index < -0.39 is 0 Å². The molecule has 0 atom stereocenters. The van der Waals surface area contributed by atoms with E-state index in [0.717, 1.165) is 0 Å². The van der Waals surface area contributed by atoms with E-state index in [1.807, 2.05) is 64.2 Å². The summed E-state index contributed by atoms with van der Waals surface area (Å²) < 4.78 is 0. The van der Waals surface area contributed by atoms with Gasteiger partial charge in [-0.25, -0.2) is 0 Å². The second kappa shape index (κ2) is 15.2. The number of hydrogen-bond acceptors (Lipinski definition) is 0. The molecule has 0 spiro atoms. The summed E-state index contributed by atoms with van der Waals surface area (Å²) in [7, 11) is 0. The first-order chi connectivity index (χ1) is 6.00. The van der Waals surface area contributed by atoms with Crippen molar-refractivity contribution in [2.45, 2.75) is 0 Å². The maximum atomic E-state index is 3.00. The van der Waals surface area contributed by atoms with Crippen LogP contribution in [0.2, 0.25) is 0 Å². The molecule has 0 heterocycles. The van der Waals surface area contributed by atoms with Gasteiger partial charge in [0.25, 0.3) is 0 Å². The Morgan fingerprint density at radius 2 is 0.462 bits per heavy atom. The van der Waals surface area contributed by atoms with Crippen LogP contribution in [0.5, 0.6) is 0 Å². The minimum Gasteiger partial charge on any atom is -0.0533 e. The molecule has 0 saturated heterocycles. The van der Waals surface area contributed by atoms with Gasteiger partial charge in [0.15, 0.2) is 0 Å². The van der Waals surface area contributed by atoms with Crippen molar-refractivity contribution in [2.75, 3.05) is 0 Å². The van der Waals surface area contributed by atoms with Gasteiger partial charge in [0.1, 0.15) is 0 Å². The van der Waals surface area contributed by atoms with Gasteiger partial charge in [-0.05, 0) is 64.2 Å². The Hall–Kier alpha value is 0.714. The molecule has 0 aromatic heterocycles. The van der Waals surface area contributed by atoms with E-state index in [1.165, 1.54) is 0 Å². The molecule has 12 radical (unpaired) electrons. The Morgan fingerprint density at radius 3 is 0.538 bits per heavy atom. The molecule has 2 aliphatic carbocycles. The summed E-state index contributed by atoms with van der Waals surface area (Å²) in [4.78, 5) is 0. The topological polar surface area (TPSA) is 0 Å². The van der Waals surface area contributed by atoms with Gasteiger partial charge in [-0.2, -0.15) is 0 Å². The van der Waals surface area contributed by atoms with E-state index in [0.29, 0.717) is 0 Å². The van der Waals surface area contributed by atoms with Crippen LogP contribution < -0.4 is 0 Å². The summed E-state index contributed by atoms with van der Waals surface area (Å²) in [5.74, 6) is 0. The Bertz CT molecular complexity index is 38.3. The minimum atomic E-state index is 0. The van der Waals surface area contributed by atoms with Crippen LogP contribution in [0, 0.1) is 78.1 Å². The quantitative estimate of drug-likeness (QED) is 0.534. The summed E-state index contributed by atoms with van der Waals surface area (Å²) in [5, 5.41) is 0. The summed E-state index contributed by atoms with van der Waals surface area (Å²) in [6.07, 6.45) is 20.0. The second-order valence-corrected chi connectivity index (χ2v) is 1.92. The monoisotopic (exact) mass is 206 g/mol. The molecule has 0 amide bonds.